The van der Waals surface area contributed by atoms with Crippen LogP contribution in [0, 0.1) is 11.8 Å². The van der Waals surface area contributed by atoms with E-state index in [0.29, 0.717) is 19.1 Å². The molecule has 4 N–H and O–H groups in total. The molecule has 0 bridgehead atoms. The monoisotopic (exact) mass is 783 g/mol. The predicted molar refractivity (Wildman–Crippen MR) is 224 cm³/mol. The summed E-state index contributed by atoms with van der Waals surface area (Å²) < 4.78 is 12.0. The second-order valence-electron chi connectivity index (χ2n) is 15.6. The lowest BCUT2D eigenvalue weighted by Gasteiger charge is -2.39. The molecule has 0 spiro atoms. The zero-order valence-electron chi connectivity index (χ0n) is 33.0. The molecule has 6 aliphatic rings. The van der Waals surface area contributed by atoms with Gasteiger partial charge in [0.2, 0.25) is 0 Å². The normalized spacial score (nSPS) is 20.3. The summed E-state index contributed by atoms with van der Waals surface area (Å²) in [6.07, 6.45) is 6.01. The van der Waals surface area contributed by atoms with E-state index < -0.39 is 5.97 Å². The van der Waals surface area contributed by atoms with E-state index in [9.17, 15) is 9.59 Å². The summed E-state index contributed by atoms with van der Waals surface area (Å²) in [4.78, 5) is 37.4. The fourth-order valence-corrected chi connectivity index (χ4v) is 8.15. The first kappa shape index (κ1) is 38.7. The summed E-state index contributed by atoms with van der Waals surface area (Å²) in [5.74, 6) is 3.53. The molecule has 2 amide bonds. The van der Waals surface area contributed by atoms with Crippen LogP contribution < -0.4 is 35.4 Å². The molecule has 1 saturated carbocycles. The minimum absolute atomic E-state index is 0.0840. The van der Waals surface area contributed by atoms with Gasteiger partial charge in [-0.3, -0.25) is 14.4 Å². The summed E-state index contributed by atoms with van der Waals surface area (Å²) in [5, 5.41) is 19.2. The quantitative estimate of drug-likeness (QED) is 0.185. The lowest BCUT2D eigenvalue weighted by Crippen LogP contribution is -2.55. The van der Waals surface area contributed by atoms with Crippen molar-refractivity contribution in [1.29, 1.82) is 0 Å². The first-order valence-electron chi connectivity index (χ1n) is 20.1. The van der Waals surface area contributed by atoms with Gasteiger partial charge in [0.25, 0.3) is 17.8 Å². The molecule has 4 aromatic rings. The van der Waals surface area contributed by atoms with Gasteiger partial charge in [0, 0.05) is 6.92 Å². The Hall–Kier alpha value is -6.21. The highest BCUT2D eigenvalue weighted by Gasteiger charge is 2.37. The number of carbonyl (C=O) groups excluding carboxylic acids is 2. The summed E-state index contributed by atoms with van der Waals surface area (Å²) in [7, 11) is 0. The lowest BCUT2D eigenvalue weighted by atomic mass is 9.79. The fraction of sp³-hybridized carbons (Fsp3) is 0.356. The topological polar surface area (TPSA) is 157 Å². The lowest BCUT2D eigenvalue weighted by molar-refractivity contribution is -0.134. The van der Waals surface area contributed by atoms with Gasteiger partial charge in [0.15, 0.2) is 11.7 Å². The maximum atomic E-state index is 12.2. The number of carbonyl (C=O) groups is 3. The van der Waals surface area contributed by atoms with E-state index in [1.807, 2.05) is 35.8 Å². The van der Waals surface area contributed by atoms with E-state index in [0.717, 1.165) is 73.3 Å². The number of ether oxygens (including phenoxy) is 2. The Balaban J connectivity index is 0.000000148. The summed E-state index contributed by atoms with van der Waals surface area (Å²) >= 11 is 0. The third-order valence-electron chi connectivity index (χ3n) is 11.6. The van der Waals surface area contributed by atoms with Crippen LogP contribution in [-0.2, 0) is 27.2 Å². The molecule has 0 unspecified atom stereocenters. The Morgan fingerprint density at radius 3 is 1.52 bits per heavy atom. The average molecular weight is 784 g/mol. The van der Waals surface area contributed by atoms with Gasteiger partial charge < -0.3 is 29.7 Å². The molecule has 2 atom stereocenters. The van der Waals surface area contributed by atoms with Crippen molar-refractivity contribution in [2.45, 2.75) is 65.0 Å². The van der Waals surface area contributed by atoms with Crippen LogP contribution in [0.3, 0.4) is 0 Å². The van der Waals surface area contributed by atoms with Crippen molar-refractivity contribution in [3.05, 3.63) is 96.1 Å². The van der Waals surface area contributed by atoms with Crippen LogP contribution in [0.4, 0.5) is 11.4 Å². The van der Waals surface area contributed by atoms with Gasteiger partial charge in [-0.25, -0.2) is 10.9 Å². The molecular weight excluding hydrogens is 735 g/mol. The molecule has 0 aromatic heterocycles. The van der Waals surface area contributed by atoms with Gasteiger partial charge in [0.1, 0.15) is 36.8 Å². The molecule has 58 heavy (non-hydrogen) atoms. The van der Waals surface area contributed by atoms with Crippen molar-refractivity contribution in [1.82, 2.24) is 16.2 Å². The van der Waals surface area contributed by atoms with Gasteiger partial charge in [-0.1, -0.05) is 79.9 Å². The molecule has 2 fully saturated rings. The average Bonchev–Trinajstić information content (AvgIpc) is 3.20. The van der Waals surface area contributed by atoms with E-state index in [1.54, 1.807) is 0 Å². The van der Waals surface area contributed by atoms with Crippen molar-refractivity contribution in [2.24, 2.45) is 22.0 Å². The second-order valence-corrected chi connectivity index (χ2v) is 15.6. The van der Waals surface area contributed by atoms with Crippen LogP contribution >= 0.6 is 0 Å². The third kappa shape index (κ3) is 7.99. The van der Waals surface area contributed by atoms with Crippen LogP contribution in [0.25, 0.3) is 22.3 Å². The maximum absolute atomic E-state index is 12.2. The Morgan fingerprint density at radius 1 is 0.707 bits per heavy atom. The number of benzene rings is 4. The van der Waals surface area contributed by atoms with E-state index in [4.69, 9.17) is 19.4 Å². The zero-order valence-corrected chi connectivity index (χ0v) is 33.0. The molecule has 10 rings (SSSR count). The highest BCUT2D eigenvalue weighted by Crippen LogP contribution is 2.43. The van der Waals surface area contributed by atoms with Gasteiger partial charge in [-0.2, -0.15) is 10.2 Å². The molecule has 0 radical (unpaired) electrons. The standard InChI is InChI=1S/C22H23N3O2.C21H22N4O2.C2H4O2/c1-14-22(26)24-23-21-13-27-20-12-18(16-8-3-2-4-9-16)17(10-15-6-5-7-15)11-19(20)25(14)21;1-13-21(26)24-23-20-12-27-19-9-17(15-5-3-2-4-6-15)16(7-14-10-22-11-14)8-18(19)25(13)20;1-2(3)4/h2-4,8-9,11-12,14-15H,5-7,10,13H2,1H3,(H,24,26);2-6,8-9,13-14,22H,7,10-12H2,1H3,(H,24,26);1H3,(H,3,4)/t14-;13-;/m11./s1. The first-order valence-corrected chi connectivity index (χ1v) is 20.1. The molecule has 300 valence electrons. The van der Waals surface area contributed by atoms with E-state index in [2.05, 4.69) is 99.2 Å². The number of carboxylic acids is 1. The number of hydrogen-bond donors (Lipinski definition) is 4. The number of nitrogens with one attached hydrogen (secondary N) is 3. The van der Waals surface area contributed by atoms with Crippen LogP contribution in [0.1, 0.15) is 51.2 Å². The molecular formula is C45H49N7O6. The number of anilines is 2. The van der Waals surface area contributed by atoms with Gasteiger partial charge in [-0.15, -0.1) is 0 Å². The first-order chi connectivity index (χ1) is 28.1. The second kappa shape index (κ2) is 16.7. The number of rotatable bonds is 6. The summed E-state index contributed by atoms with van der Waals surface area (Å²) in [6, 6.07) is 29.0. The Bertz CT molecular complexity index is 2100. The number of aliphatic carboxylic acids is 1. The number of amidine groups is 2. The molecule has 1 aliphatic carbocycles. The Morgan fingerprint density at radius 2 is 1.14 bits per heavy atom. The largest absolute Gasteiger partial charge is 0.483 e. The predicted octanol–water partition coefficient (Wildman–Crippen LogP) is 5.96. The highest BCUT2D eigenvalue weighted by molar-refractivity contribution is 6.10. The van der Waals surface area contributed by atoms with Crippen LogP contribution in [-0.4, -0.2) is 72.9 Å². The van der Waals surface area contributed by atoms with Crippen molar-refractivity contribution in [2.75, 3.05) is 36.1 Å². The molecule has 4 aromatic carbocycles. The van der Waals surface area contributed by atoms with Gasteiger partial charge >= 0.3 is 0 Å². The SMILES string of the molecule is CC(=O)O.C[C@@H]1C(=O)NN=C2COc3cc(-c4ccccc4)c(CC4CCC4)cc3N21.C[C@@H]1C(=O)NN=C2COc3cc(-c4ccccc4)c(CC4CNC4)cc3N21. The fourth-order valence-electron chi connectivity index (χ4n) is 8.15. The van der Waals surface area contributed by atoms with Crippen LogP contribution in [0.2, 0.25) is 0 Å². The Labute approximate surface area is 338 Å². The highest BCUT2D eigenvalue weighted by atomic mass is 16.5. The summed E-state index contributed by atoms with van der Waals surface area (Å²) in [5.41, 5.74) is 14.5. The molecule has 1 saturated heterocycles. The zero-order chi connectivity index (χ0) is 40.3. The van der Waals surface area contributed by atoms with E-state index in [-0.39, 0.29) is 23.9 Å². The number of carboxylic acid groups (broad SMARTS) is 1. The van der Waals surface area contributed by atoms with Crippen molar-refractivity contribution in [3.8, 4) is 33.8 Å². The van der Waals surface area contributed by atoms with Crippen molar-refractivity contribution in [3.63, 3.8) is 0 Å². The molecule has 5 aliphatic heterocycles. The van der Waals surface area contributed by atoms with E-state index >= 15 is 0 Å². The summed E-state index contributed by atoms with van der Waals surface area (Å²) in [6.45, 7) is 7.73. The number of hydrogen-bond acceptors (Lipinski definition) is 10. The molecule has 13 nitrogen and oxygen atoms in total. The smallest absolute Gasteiger partial charge is 0.300 e. The minimum atomic E-state index is -0.833. The number of fused-ring (bicyclic) bond motifs is 6. The van der Waals surface area contributed by atoms with Crippen LogP contribution in [0.15, 0.2) is 95.1 Å². The van der Waals surface area contributed by atoms with Gasteiger partial charge in [-0.05, 0) is 109 Å². The number of amides is 2. The van der Waals surface area contributed by atoms with E-state index in [1.165, 1.54) is 52.6 Å². The van der Waals surface area contributed by atoms with Crippen molar-refractivity contribution < 1.29 is 29.0 Å². The minimum Gasteiger partial charge on any atom is -0.483 e. The number of nitrogens with zero attached hydrogens (tertiary/aromatic N) is 4. The molecule has 5 heterocycles. The Kier molecular flexibility index (Phi) is 11.1. The number of hydrazone groups is 2. The maximum Gasteiger partial charge on any atom is 0.300 e. The third-order valence-corrected chi connectivity index (χ3v) is 11.6. The molecule has 13 heteroatoms. The van der Waals surface area contributed by atoms with Gasteiger partial charge in [0.05, 0.1) is 11.4 Å². The van der Waals surface area contributed by atoms with Crippen LogP contribution in [0.5, 0.6) is 11.5 Å². The van der Waals surface area contributed by atoms with Crippen molar-refractivity contribution >= 4 is 40.8 Å².